The third-order valence-electron chi connectivity index (χ3n) is 2.90. The van der Waals surface area contributed by atoms with Crippen molar-refractivity contribution in [3.8, 4) is 6.07 Å². The van der Waals surface area contributed by atoms with Gasteiger partial charge in [0, 0.05) is 25.3 Å². The van der Waals surface area contributed by atoms with E-state index < -0.39 is 5.82 Å². The molecule has 1 unspecified atom stereocenters. The largest absolute Gasteiger partial charge is 0.382 e. The highest BCUT2D eigenvalue weighted by molar-refractivity contribution is 5.49. The Morgan fingerprint density at radius 2 is 2.39 bits per heavy atom. The quantitative estimate of drug-likeness (QED) is 0.880. The summed E-state index contributed by atoms with van der Waals surface area (Å²) in [4.78, 5) is 2.20. The van der Waals surface area contributed by atoms with Crippen molar-refractivity contribution in [2.75, 3.05) is 38.6 Å². The van der Waals surface area contributed by atoms with Gasteiger partial charge in [-0.2, -0.15) is 5.26 Å². The topological polar surface area (TPSA) is 48.3 Å². The van der Waals surface area contributed by atoms with E-state index in [1.165, 1.54) is 12.1 Å². The molecule has 2 rings (SSSR count). The lowest BCUT2D eigenvalue weighted by Gasteiger charge is -2.30. The van der Waals surface area contributed by atoms with E-state index >= 15 is 0 Å². The summed E-state index contributed by atoms with van der Waals surface area (Å²) in [6.07, 6.45) is 0.0950. The van der Waals surface area contributed by atoms with Crippen LogP contribution in [0.3, 0.4) is 0 Å². The van der Waals surface area contributed by atoms with Gasteiger partial charge >= 0.3 is 0 Å². The van der Waals surface area contributed by atoms with Crippen LogP contribution in [-0.4, -0.2) is 44.3 Å². The van der Waals surface area contributed by atoms with Crippen LogP contribution >= 0.6 is 0 Å². The first kappa shape index (κ1) is 12.8. The first-order valence-corrected chi connectivity index (χ1v) is 5.92. The van der Waals surface area contributed by atoms with Gasteiger partial charge in [-0.25, -0.2) is 4.39 Å². The van der Waals surface area contributed by atoms with Crippen LogP contribution in [0.5, 0.6) is 0 Å². The van der Waals surface area contributed by atoms with E-state index in [1.54, 1.807) is 6.07 Å². The molecule has 0 spiro atoms. The Morgan fingerprint density at radius 1 is 1.56 bits per heavy atom. The second kappa shape index (κ2) is 5.80. The van der Waals surface area contributed by atoms with Crippen molar-refractivity contribution in [1.82, 2.24) is 4.90 Å². The molecule has 5 heteroatoms. The van der Waals surface area contributed by atoms with Crippen LogP contribution in [0.2, 0.25) is 0 Å². The van der Waals surface area contributed by atoms with E-state index in [0.717, 1.165) is 19.7 Å². The number of rotatable bonds is 3. The van der Waals surface area contributed by atoms with Gasteiger partial charge in [-0.1, -0.05) is 0 Å². The molecule has 0 bridgehead atoms. The zero-order valence-electron chi connectivity index (χ0n) is 10.3. The fourth-order valence-corrected chi connectivity index (χ4v) is 1.98. The number of hydrogen-bond donors (Lipinski definition) is 1. The van der Waals surface area contributed by atoms with E-state index in [0.29, 0.717) is 17.8 Å². The molecular formula is C13H16FN3O. The van der Waals surface area contributed by atoms with Crippen LogP contribution in [0.15, 0.2) is 18.2 Å². The third kappa shape index (κ3) is 3.42. The lowest BCUT2D eigenvalue weighted by molar-refractivity contribution is -0.0117. The summed E-state index contributed by atoms with van der Waals surface area (Å²) in [6.45, 7) is 3.12. The van der Waals surface area contributed by atoms with Gasteiger partial charge in [0.2, 0.25) is 0 Å². The van der Waals surface area contributed by atoms with Gasteiger partial charge < -0.3 is 15.0 Å². The molecule has 96 valence electrons. The average molecular weight is 249 g/mol. The summed E-state index contributed by atoms with van der Waals surface area (Å²) in [5, 5.41) is 11.9. The highest BCUT2D eigenvalue weighted by Gasteiger charge is 2.17. The van der Waals surface area contributed by atoms with Crippen molar-refractivity contribution >= 4 is 5.69 Å². The Hall–Kier alpha value is -1.64. The van der Waals surface area contributed by atoms with Crippen LogP contribution in [0.4, 0.5) is 10.1 Å². The number of hydrogen-bond acceptors (Lipinski definition) is 4. The summed E-state index contributed by atoms with van der Waals surface area (Å²) in [5.41, 5.74) is 0.933. The minimum atomic E-state index is -0.404. The molecule has 1 atom stereocenters. The summed E-state index contributed by atoms with van der Waals surface area (Å²) in [5.74, 6) is -0.404. The van der Waals surface area contributed by atoms with Crippen molar-refractivity contribution in [3.63, 3.8) is 0 Å². The van der Waals surface area contributed by atoms with E-state index in [-0.39, 0.29) is 6.10 Å². The predicted molar refractivity (Wildman–Crippen MR) is 66.8 cm³/mol. The van der Waals surface area contributed by atoms with E-state index in [9.17, 15) is 4.39 Å². The van der Waals surface area contributed by atoms with E-state index in [1.807, 2.05) is 13.1 Å². The van der Waals surface area contributed by atoms with Gasteiger partial charge in [0.05, 0.1) is 24.3 Å². The van der Waals surface area contributed by atoms with Crippen molar-refractivity contribution in [3.05, 3.63) is 29.6 Å². The maximum atomic E-state index is 13.2. The molecule has 1 aromatic carbocycles. The highest BCUT2D eigenvalue weighted by Crippen LogP contribution is 2.14. The number of halogens is 1. The maximum Gasteiger partial charge on any atom is 0.126 e. The minimum absolute atomic E-state index is 0.0950. The number of nitriles is 1. The van der Waals surface area contributed by atoms with Gasteiger partial charge in [0.1, 0.15) is 5.82 Å². The zero-order chi connectivity index (χ0) is 13.0. The second-order valence-corrected chi connectivity index (χ2v) is 4.48. The van der Waals surface area contributed by atoms with Gasteiger partial charge in [-0.3, -0.25) is 0 Å². The number of anilines is 1. The Bertz CT molecular complexity index is 458. The molecule has 1 aliphatic rings. The molecule has 1 N–H and O–H groups in total. The Balaban J connectivity index is 1.93. The number of likely N-dealkylation sites (N-methyl/N-ethyl adjacent to an activating group) is 1. The van der Waals surface area contributed by atoms with E-state index in [2.05, 4.69) is 10.2 Å². The number of morpholine rings is 1. The molecule has 0 aromatic heterocycles. The predicted octanol–water partition coefficient (Wildman–Crippen LogP) is 1.44. The monoisotopic (exact) mass is 249 g/mol. The maximum absolute atomic E-state index is 13.2. The van der Waals surface area contributed by atoms with Gasteiger partial charge in [0.15, 0.2) is 0 Å². The molecular weight excluding hydrogens is 233 g/mol. The molecule has 0 aliphatic carbocycles. The molecule has 0 saturated carbocycles. The fraction of sp³-hybridized carbons (Fsp3) is 0.462. The number of benzene rings is 1. The highest BCUT2D eigenvalue weighted by atomic mass is 19.1. The average Bonchev–Trinajstić information content (AvgIpc) is 2.36. The summed E-state index contributed by atoms with van der Waals surface area (Å²) in [6, 6.07) is 6.17. The third-order valence-corrected chi connectivity index (χ3v) is 2.90. The van der Waals surface area contributed by atoms with Crippen LogP contribution in [0.1, 0.15) is 5.56 Å². The molecule has 0 amide bonds. The van der Waals surface area contributed by atoms with Crippen molar-refractivity contribution in [2.45, 2.75) is 6.10 Å². The molecule has 18 heavy (non-hydrogen) atoms. The van der Waals surface area contributed by atoms with Crippen LogP contribution in [0.25, 0.3) is 0 Å². The van der Waals surface area contributed by atoms with Gasteiger partial charge in [0.25, 0.3) is 0 Å². The smallest absolute Gasteiger partial charge is 0.126 e. The van der Waals surface area contributed by atoms with Gasteiger partial charge in [-0.05, 0) is 25.2 Å². The number of nitrogens with one attached hydrogen (secondary N) is 1. The first-order chi connectivity index (χ1) is 8.67. The molecule has 1 heterocycles. The summed E-state index contributed by atoms with van der Waals surface area (Å²) >= 11 is 0. The zero-order valence-corrected chi connectivity index (χ0v) is 10.3. The molecule has 1 aliphatic heterocycles. The molecule has 4 nitrogen and oxygen atoms in total. The SMILES string of the molecule is CN1CCOC(CNc2cc(F)cc(C#N)c2)C1. The van der Waals surface area contributed by atoms with Crippen LogP contribution in [-0.2, 0) is 4.74 Å². The second-order valence-electron chi connectivity index (χ2n) is 4.48. The Kier molecular flexibility index (Phi) is 4.13. The molecule has 1 saturated heterocycles. The Morgan fingerprint density at radius 3 is 3.11 bits per heavy atom. The van der Waals surface area contributed by atoms with Crippen molar-refractivity contribution in [1.29, 1.82) is 5.26 Å². The fourth-order valence-electron chi connectivity index (χ4n) is 1.98. The number of nitrogens with zero attached hydrogens (tertiary/aromatic N) is 2. The lowest BCUT2D eigenvalue weighted by atomic mass is 10.2. The van der Waals surface area contributed by atoms with Crippen LogP contribution < -0.4 is 5.32 Å². The number of ether oxygens (including phenoxy) is 1. The standard InChI is InChI=1S/C13H16FN3O/c1-17-2-3-18-13(9-17)8-16-12-5-10(7-15)4-11(14)6-12/h4-6,13,16H,2-3,8-9H2,1H3. The molecule has 1 fully saturated rings. The summed E-state index contributed by atoms with van der Waals surface area (Å²) < 4.78 is 18.8. The minimum Gasteiger partial charge on any atom is -0.382 e. The normalized spacial score (nSPS) is 20.4. The molecule has 1 aromatic rings. The van der Waals surface area contributed by atoms with Crippen molar-refractivity contribution in [2.24, 2.45) is 0 Å². The van der Waals surface area contributed by atoms with E-state index in [4.69, 9.17) is 10.00 Å². The lowest BCUT2D eigenvalue weighted by Crippen LogP contribution is -2.43. The Labute approximate surface area is 106 Å². The first-order valence-electron chi connectivity index (χ1n) is 5.92. The summed E-state index contributed by atoms with van der Waals surface area (Å²) in [7, 11) is 2.05. The van der Waals surface area contributed by atoms with Crippen molar-refractivity contribution < 1.29 is 9.13 Å². The van der Waals surface area contributed by atoms with Crippen LogP contribution in [0, 0.1) is 17.1 Å². The van der Waals surface area contributed by atoms with Gasteiger partial charge in [-0.15, -0.1) is 0 Å². The molecule has 0 radical (unpaired) electrons.